The van der Waals surface area contributed by atoms with Gasteiger partial charge in [0.1, 0.15) is 30.5 Å². The Labute approximate surface area is 97.2 Å². The van der Waals surface area contributed by atoms with Gasteiger partial charge >= 0.3 is 5.97 Å². The van der Waals surface area contributed by atoms with E-state index in [9.17, 15) is 15.0 Å². The molecule has 4 fully saturated rings. The molecule has 1 saturated carbocycles. The smallest absolute Gasteiger partial charge is 0.303 e. The van der Waals surface area contributed by atoms with Crippen LogP contribution in [0.15, 0.2) is 0 Å². The van der Waals surface area contributed by atoms with Crippen LogP contribution in [0.4, 0.5) is 0 Å². The molecule has 4 bridgehead atoms. The van der Waals surface area contributed by atoms with Gasteiger partial charge in [-0.25, -0.2) is 0 Å². The molecule has 2 N–H and O–H groups in total. The van der Waals surface area contributed by atoms with Crippen LogP contribution in [-0.2, 0) is 23.7 Å². The molecule has 0 spiro atoms. The molecule has 7 atom stereocenters. The van der Waals surface area contributed by atoms with Crippen molar-refractivity contribution in [3.05, 3.63) is 0 Å². The van der Waals surface area contributed by atoms with Crippen molar-refractivity contribution in [1.29, 1.82) is 0 Å². The van der Waals surface area contributed by atoms with Gasteiger partial charge in [0, 0.05) is 13.8 Å². The Hall–Kier alpha value is -0.730. The number of rotatable bonds is 1. The average Bonchev–Trinajstić information content (AvgIpc) is 2.23. The van der Waals surface area contributed by atoms with Gasteiger partial charge in [-0.05, 0) is 0 Å². The number of hydrogen-bond acceptors (Lipinski definition) is 7. The zero-order valence-corrected chi connectivity index (χ0v) is 9.40. The summed E-state index contributed by atoms with van der Waals surface area (Å²) in [5, 5.41) is 19.9. The van der Waals surface area contributed by atoms with Crippen LogP contribution in [-0.4, -0.2) is 58.8 Å². The lowest BCUT2D eigenvalue weighted by Crippen LogP contribution is -2.78. The largest absolute Gasteiger partial charge is 0.457 e. The minimum atomic E-state index is -1.28. The van der Waals surface area contributed by atoms with Crippen LogP contribution in [0, 0.1) is 0 Å². The van der Waals surface area contributed by atoms with Crippen molar-refractivity contribution in [3.63, 3.8) is 0 Å². The van der Waals surface area contributed by atoms with Gasteiger partial charge in [0.2, 0.25) is 0 Å². The van der Waals surface area contributed by atoms with E-state index in [0.29, 0.717) is 0 Å². The first-order chi connectivity index (χ1) is 7.91. The van der Waals surface area contributed by atoms with E-state index in [4.69, 9.17) is 18.9 Å². The topological polar surface area (TPSA) is 94.5 Å². The van der Waals surface area contributed by atoms with Crippen molar-refractivity contribution < 1.29 is 34.0 Å². The lowest BCUT2D eigenvalue weighted by atomic mass is 9.82. The number of hydrogen-bond donors (Lipinski definition) is 2. The molecule has 17 heavy (non-hydrogen) atoms. The number of esters is 1. The maximum Gasteiger partial charge on any atom is 0.303 e. The lowest BCUT2D eigenvalue weighted by Gasteiger charge is -2.60. The summed E-state index contributed by atoms with van der Waals surface area (Å²) in [6, 6.07) is 0. The molecule has 4 aliphatic rings. The molecule has 0 radical (unpaired) electrons. The van der Waals surface area contributed by atoms with Crippen LogP contribution < -0.4 is 0 Å². The summed E-state index contributed by atoms with van der Waals surface area (Å²) in [5.41, 5.74) is 0. The van der Waals surface area contributed by atoms with Crippen LogP contribution >= 0.6 is 0 Å². The SMILES string of the molecule is CC(=O)OC1[C@H]2OC3(C)OC([C@H]2O)[C@H](O)[C@H]1O3. The fourth-order valence-corrected chi connectivity index (χ4v) is 2.72. The third-order valence-corrected chi connectivity index (χ3v) is 3.35. The highest BCUT2D eigenvalue weighted by molar-refractivity contribution is 5.66. The number of carbonyl (C=O) groups excluding carboxylic acids is 1. The molecule has 3 unspecified atom stereocenters. The van der Waals surface area contributed by atoms with E-state index in [2.05, 4.69) is 0 Å². The highest BCUT2D eigenvalue weighted by Gasteiger charge is 2.66. The third-order valence-electron chi connectivity index (χ3n) is 3.35. The Bertz CT molecular complexity index is 337. The fraction of sp³-hybridized carbons (Fsp3) is 0.900. The Kier molecular flexibility index (Phi) is 2.27. The lowest BCUT2D eigenvalue weighted by molar-refractivity contribution is -0.531. The molecule has 7 heteroatoms. The molecule has 0 amide bonds. The maximum absolute atomic E-state index is 11.0. The summed E-state index contributed by atoms with van der Waals surface area (Å²) < 4.78 is 21.2. The molecule has 3 heterocycles. The quantitative estimate of drug-likeness (QED) is 0.544. The van der Waals surface area contributed by atoms with E-state index in [1.54, 1.807) is 6.92 Å². The predicted octanol–water partition coefficient (Wildman–Crippen LogP) is -1.49. The zero-order valence-electron chi connectivity index (χ0n) is 9.40. The Morgan fingerprint density at radius 1 is 1.12 bits per heavy atom. The molecule has 0 aromatic carbocycles. The molecule has 4 rings (SSSR count). The number of aliphatic hydroxyl groups excluding tert-OH is 2. The number of aliphatic hydroxyl groups is 2. The van der Waals surface area contributed by atoms with Crippen LogP contribution in [0.3, 0.4) is 0 Å². The van der Waals surface area contributed by atoms with E-state index < -0.39 is 48.6 Å². The van der Waals surface area contributed by atoms with Gasteiger partial charge in [-0.3, -0.25) is 4.79 Å². The average molecular weight is 246 g/mol. The molecule has 3 saturated heterocycles. The van der Waals surface area contributed by atoms with Crippen LogP contribution in [0.5, 0.6) is 0 Å². The highest BCUT2D eigenvalue weighted by atomic mass is 16.9. The molecule has 0 aromatic heterocycles. The summed E-state index contributed by atoms with van der Waals surface area (Å²) in [4.78, 5) is 11.0. The Balaban J connectivity index is 1.92. The van der Waals surface area contributed by atoms with E-state index in [1.807, 2.05) is 0 Å². The minimum absolute atomic E-state index is 0.514. The second kappa shape index (κ2) is 3.39. The summed E-state index contributed by atoms with van der Waals surface area (Å²) in [6.45, 7) is 2.81. The number of carbonyl (C=O) groups is 1. The molecule has 3 aliphatic heterocycles. The van der Waals surface area contributed by atoms with E-state index in [-0.39, 0.29) is 0 Å². The Morgan fingerprint density at radius 2 is 1.59 bits per heavy atom. The van der Waals surface area contributed by atoms with Gasteiger partial charge in [0.15, 0.2) is 6.10 Å². The summed E-state index contributed by atoms with van der Waals surface area (Å²) >= 11 is 0. The van der Waals surface area contributed by atoms with Gasteiger partial charge in [0.05, 0.1) is 0 Å². The number of ether oxygens (including phenoxy) is 4. The molecular weight excluding hydrogens is 232 g/mol. The maximum atomic E-state index is 11.0. The van der Waals surface area contributed by atoms with Gasteiger partial charge in [-0.15, -0.1) is 0 Å². The molecule has 96 valence electrons. The van der Waals surface area contributed by atoms with Crippen molar-refractivity contribution in [2.24, 2.45) is 0 Å². The van der Waals surface area contributed by atoms with Crippen molar-refractivity contribution in [2.45, 2.75) is 56.4 Å². The van der Waals surface area contributed by atoms with Crippen molar-refractivity contribution in [3.8, 4) is 0 Å². The summed E-state index contributed by atoms with van der Waals surface area (Å²) in [7, 11) is 0. The van der Waals surface area contributed by atoms with Crippen molar-refractivity contribution >= 4 is 5.97 Å². The van der Waals surface area contributed by atoms with E-state index >= 15 is 0 Å². The molecule has 1 aliphatic carbocycles. The van der Waals surface area contributed by atoms with Gasteiger partial charge in [0.25, 0.3) is 5.97 Å². The first kappa shape index (κ1) is 11.4. The molecular formula is C10H14O7. The first-order valence-electron chi connectivity index (χ1n) is 5.48. The fourth-order valence-electron chi connectivity index (χ4n) is 2.72. The van der Waals surface area contributed by atoms with Crippen LogP contribution in [0.1, 0.15) is 13.8 Å². The highest BCUT2D eigenvalue weighted by Crippen LogP contribution is 2.45. The van der Waals surface area contributed by atoms with E-state index in [1.165, 1.54) is 6.92 Å². The van der Waals surface area contributed by atoms with Crippen LogP contribution in [0.25, 0.3) is 0 Å². The second-order valence-corrected chi connectivity index (χ2v) is 4.67. The molecule has 7 nitrogen and oxygen atoms in total. The van der Waals surface area contributed by atoms with Gasteiger partial charge in [-0.1, -0.05) is 0 Å². The van der Waals surface area contributed by atoms with Gasteiger partial charge < -0.3 is 29.2 Å². The van der Waals surface area contributed by atoms with E-state index in [0.717, 1.165) is 0 Å². The van der Waals surface area contributed by atoms with Crippen molar-refractivity contribution in [2.75, 3.05) is 0 Å². The van der Waals surface area contributed by atoms with Crippen LogP contribution in [0.2, 0.25) is 0 Å². The standard InChI is InChI=1S/C10H14O7/c1-3(11)14-9-7-4(12)6-5(13)8(9)17-10(2,15-6)16-7/h4-9,12-13H,1-2H3/t4-,5+,6?,7+,8-,9?,10?. The first-order valence-corrected chi connectivity index (χ1v) is 5.48. The summed E-state index contributed by atoms with van der Waals surface area (Å²) in [6.07, 6.45) is -5.13. The third kappa shape index (κ3) is 1.50. The zero-order chi connectivity index (χ0) is 12.4. The van der Waals surface area contributed by atoms with Crippen molar-refractivity contribution in [1.82, 2.24) is 0 Å². The van der Waals surface area contributed by atoms with Gasteiger partial charge in [-0.2, -0.15) is 0 Å². The second-order valence-electron chi connectivity index (χ2n) is 4.67. The monoisotopic (exact) mass is 246 g/mol. The summed E-state index contributed by atoms with van der Waals surface area (Å²) in [5.74, 6) is -1.80. The normalized spacial score (nSPS) is 56.0. The predicted molar refractivity (Wildman–Crippen MR) is 50.6 cm³/mol. The molecule has 0 aromatic rings. The Morgan fingerprint density at radius 3 is 2.06 bits per heavy atom. The minimum Gasteiger partial charge on any atom is -0.457 e.